The molecule has 138 valence electrons. The summed E-state index contributed by atoms with van der Waals surface area (Å²) in [5.74, 6) is -0.312. The molecule has 4 N–H and O–H groups in total. The molecule has 1 atom stereocenters. The van der Waals surface area contributed by atoms with Crippen molar-refractivity contribution < 1.29 is 9.59 Å². The molecule has 0 heterocycles. The largest absolute Gasteiger partial charge is 0.325 e. The maximum atomic E-state index is 12.0. The molecule has 1 aromatic rings. The maximum absolute atomic E-state index is 12.0. The van der Waals surface area contributed by atoms with E-state index in [4.69, 9.17) is 5.73 Å². The summed E-state index contributed by atoms with van der Waals surface area (Å²) in [6, 6.07) is 6.36. The number of amides is 2. The number of anilines is 2. The molecule has 0 unspecified atom stereocenters. The highest BCUT2D eigenvalue weighted by Crippen LogP contribution is 2.19. The zero-order valence-corrected chi connectivity index (χ0v) is 16.4. The van der Waals surface area contributed by atoms with Gasteiger partial charge in [-0.15, -0.1) is 24.8 Å². The first-order chi connectivity index (χ1) is 10.1. The number of hydrogen-bond acceptors (Lipinski definition) is 4. The first-order valence-corrected chi connectivity index (χ1v) is 7.20. The molecule has 1 rings (SSSR count). The van der Waals surface area contributed by atoms with Crippen molar-refractivity contribution in [3.63, 3.8) is 0 Å². The van der Waals surface area contributed by atoms with E-state index in [-0.39, 0.29) is 42.0 Å². The van der Waals surface area contributed by atoms with Crippen LogP contribution in [0.5, 0.6) is 0 Å². The fraction of sp³-hybridized carbons (Fsp3) is 0.500. The molecule has 0 spiro atoms. The zero-order valence-electron chi connectivity index (χ0n) is 14.8. The summed E-state index contributed by atoms with van der Waals surface area (Å²) < 4.78 is 0. The Morgan fingerprint density at radius 2 is 1.46 bits per heavy atom. The van der Waals surface area contributed by atoms with E-state index in [2.05, 4.69) is 10.6 Å². The molecule has 0 aliphatic carbocycles. The molecule has 0 aliphatic rings. The van der Waals surface area contributed by atoms with E-state index in [1.54, 1.807) is 29.2 Å². The summed E-state index contributed by atoms with van der Waals surface area (Å²) in [5, 5.41) is 5.56. The number of rotatable bonds is 5. The number of carbonyl (C=O) groups is 2. The average Bonchev–Trinajstić information content (AvgIpc) is 2.38. The molecule has 24 heavy (non-hydrogen) atoms. The minimum Gasteiger partial charge on any atom is -0.325 e. The van der Waals surface area contributed by atoms with E-state index in [9.17, 15) is 9.59 Å². The van der Waals surface area contributed by atoms with Crippen molar-refractivity contribution in [1.82, 2.24) is 4.90 Å². The number of nitrogens with one attached hydrogen (secondary N) is 2. The Labute approximate surface area is 156 Å². The molecular weight excluding hydrogens is 351 g/mol. The first-order valence-electron chi connectivity index (χ1n) is 7.20. The van der Waals surface area contributed by atoms with Gasteiger partial charge in [-0.1, -0.05) is 20.8 Å². The van der Waals surface area contributed by atoms with Gasteiger partial charge in [-0.25, -0.2) is 0 Å². The molecule has 8 heteroatoms. The predicted molar refractivity (Wildman–Crippen MR) is 104 cm³/mol. The Balaban J connectivity index is 0. The van der Waals surface area contributed by atoms with E-state index in [0.717, 1.165) is 0 Å². The lowest BCUT2D eigenvalue weighted by atomic mass is 9.87. The minimum atomic E-state index is -0.591. The van der Waals surface area contributed by atoms with Gasteiger partial charge in [0.1, 0.15) is 0 Å². The molecule has 0 radical (unpaired) electrons. The van der Waals surface area contributed by atoms with Gasteiger partial charge in [0.15, 0.2) is 0 Å². The summed E-state index contributed by atoms with van der Waals surface area (Å²) in [6.07, 6.45) is 0. The Hall–Kier alpha value is -1.34. The van der Waals surface area contributed by atoms with Crippen molar-refractivity contribution in [3.8, 4) is 0 Å². The van der Waals surface area contributed by atoms with Gasteiger partial charge in [-0.3, -0.25) is 9.59 Å². The van der Waals surface area contributed by atoms with E-state index in [1.165, 1.54) is 0 Å². The fourth-order valence-electron chi connectivity index (χ4n) is 1.74. The van der Waals surface area contributed by atoms with Crippen LogP contribution in [-0.4, -0.2) is 43.4 Å². The van der Waals surface area contributed by atoms with Crippen LogP contribution in [0.25, 0.3) is 0 Å². The molecule has 0 aromatic heterocycles. The van der Waals surface area contributed by atoms with Crippen molar-refractivity contribution in [1.29, 1.82) is 0 Å². The van der Waals surface area contributed by atoms with E-state index in [1.807, 2.05) is 34.9 Å². The molecule has 0 aliphatic heterocycles. The third-order valence-corrected chi connectivity index (χ3v) is 3.11. The van der Waals surface area contributed by atoms with Gasteiger partial charge in [-0.2, -0.15) is 0 Å². The van der Waals surface area contributed by atoms with Gasteiger partial charge in [0.2, 0.25) is 11.8 Å². The van der Waals surface area contributed by atoms with Crippen LogP contribution < -0.4 is 16.4 Å². The van der Waals surface area contributed by atoms with Crippen LogP contribution in [0, 0.1) is 5.41 Å². The SMILES string of the molecule is CN(C)CC(=O)Nc1ccc(NC(=O)[C@@H](N)C(C)(C)C)cc1.Cl.Cl. The van der Waals surface area contributed by atoms with Crippen LogP contribution in [0.2, 0.25) is 0 Å². The molecule has 0 fully saturated rings. The highest BCUT2D eigenvalue weighted by atomic mass is 35.5. The normalized spacial score (nSPS) is 11.8. The van der Waals surface area contributed by atoms with Gasteiger partial charge >= 0.3 is 0 Å². The number of benzene rings is 1. The third kappa shape index (κ3) is 8.49. The quantitative estimate of drug-likeness (QED) is 0.733. The summed E-state index contributed by atoms with van der Waals surface area (Å²) >= 11 is 0. The van der Waals surface area contributed by atoms with Gasteiger partial charge in [0, 0.05) is 11.4 Å². The molecule has 2 amide bonds. The van der Waals surface area contributed by atoms with Crippen LogP contribution in [0.1, 0.15) is 20.8 Å². The van der Waals surface area contributed by atoms with Crippen LogP contribution in [0.4, 0.5) is 11.4 Å². The second-order valence-corrected chi connectivity index (χ2v) is 6.70. The molecule has 1 aromatic carbocycles. The summed E-state index contributed by atoms with van der Waals surface area (Å²) in [6.45, 7) is 6.07. The Morgan fingerprint density at radius 3 is 1.83 bits per heavy atom. The second kappa shape index (κ2) is 10.5. The predicted octanol–water partition coefficient (Wildman–Crippen LogP) is 2.34. The van der Waals surface area contributed by atoms with Crippen molar-refractivity contribution in [3.05, 3.63) is 24.3 Å². The lowest BCUT2D eigenvalue weighted by molar-refractivity contribution is -0.119. The van der Waals surface area contributed by atoms with Gasteiger partial charge < -0.3 is 21.3 Å². The summed E-state index contributed by atoms with van der Waals surface area (Å²) in [7, 11) is 3.66. The highest BCUT2D eigenvalue weighted by Gasteiger charge is 2.27. The number of nitrogens with zero attached hydrogens (tertiary/aromatic N) is 1. The van der Waals surface area contributed by atoms with Crippen LogP contribution in [0.3, 0.4) is 0 Å². The summed E-state index contributed by atoms with van der Waals surface area (Å²) in [4.78, 5) is 25.5. The van der Waals surface area contributed by atoms with E-state index in [0.29, 0.717) is 17.9 Å². The lowest BCUT2D eigenvalue weighted by Gasteiger charge is -2.25. The van der Waals surface area contributed by atoms with Crippen LogP contribution >= 0.6 is 24.8 Å². The van der Waals surface area contributed by atoms with E-state index < -0.39 is 6.04 Å². The highest BCUT2D eigenvalue weighted by molar-refractivity contribution is 5.96. The summed E-state index contributed by atoms with van der Waals surface area (Å²) in [5.41, 5.74) is 6.94. The monoisotopic (exact) mass is 378 g/mol. The minimum absolute atomic E-state index is 0. The number of hydrogen-bond donors (Lipinski definition) is 3. The molecule has 0 saturated heterocycles. The number of likely N-dealkylation sites (N-methyl/N-ethyl adjacent to an activating group) is 1. The molecule has 0 bridgehead atoms. The van der Waals surface area contributed by atoms with Crippen LogP contribution in [0.15, 0.2) is 24.3 Å². The topological polar surface area (TPSA) is 87.5 Å². The Bertz CT molecular complexity index is 528. The van der Waals surface area contributed by atoms with E-state index >= 15 is 0 Å². The van der Waals surface area contributed by atoms with Crippen molar-refractivity contribution in [2.75, 3.05) is 31.3 Å². The average molecular weight is 379 g/mol. The number of nitrogens with two attached hydrogens (primary N) is 1. The second-order valence-electron chi connectivity index (χ2n) is 6.70. The van der Waals surface area contributed by atoms with Crippen molar-refractivity contribution in [2.24, 2.45) is 11.1 Å². The lowest BCUT2D eigenvalue weighted by Crippen LogP contribution is -2.45. The zero-order chi connectivity index (χ0) is 16.9. The first kappa shape index (κ1) is 24.9. The van der Waals surface area contributed by atoms with Crippen LogP contribution in [-0.2, 0) is 9.59 Å². The molecule has 0 saturated carbocycles. The third-order valence-electron chi connectivity index (χ3n) is 3.11. The standard InChI is InChI=1S/C16H26N4O2.2ClH/c1-16(2,3)14(17)15(22)19-12-8-6-11(7-9-12)18-13(21)10-20(4)5;;/h6-9,14H,10,17H2,1-5H3,(H,18,21)(H,19,22);2*1H/t14-;;/m1../s1. The van der Waals surface area contributed by atoms with Crippen molar-refractivity contribution in [2.45, 2.75) is 26.8 Å². The molecule has 6 nitrogen and oxygen atoms in total. The van der Waals surface area contributed by atoms with Gasteiger partial charge in [-0.05, 0) is 43.8 Å². The Kier molecular flexibility index (Phi) is 10.9. The van der Waals surface area contributed by atoms with Crippen molar-refractivity contribution >= 4 is 48.0 Å². The maximum Gasteiger partial charge on any atom is 0.241 e. The number of carbonyl (C=O) groups excluding carboxylic acids is 2. The van der Waals surface area contributed by atoms with Gasteiger partial charge in [0.25, 0.3) is 0 Å². The smallest absolute Gasteiger partial charge is 0.241 e. The Morgan fingerprint density at radius 1 is 1.04 bits per heavy atom. The number of halogens is 2. The molecular formula is C16H28Cl2N4O2. The van der Waals surface area contributed by atoms with Gasteiger partial charge in [0.05, 0.1) is 12.6 Å². The fourth-order valence-corrected chi connectivity index (χ4v) is 1.74.